The van der Waals surface area contributed by atoms with Gasteiger partial charge in [-0.3, -0.25) is 9.48 Å². The van der Waals surface area contributed by atoms with Crippen molar-refractivity contribution in [3.63, 3.8) is 0 Å². The molecule has 31 heavy (non-hydrogen) atoms. The Balaban J connectivity index is 1.17. The third-order valence-electron chi connectivity index (χ3n) is 8.42. The Labute approximate surface area is 183 Å². The molecule has 164 valence electrons. The van der Waals surface area contributed by atoms with Crippen LogP contribution in [0.15, 0.2) is 12.4 Å². The summed E-state index contributed by atoms with van der Waals surface area (Å²) in [4.78, 5) is 23.9. The number of amides is 1. The minimum absolute atomic E-state index is 0.0176. The Kier molecular flexibility index (Phi) is 4.37. The molecule has 0 atom stereocenters. The lowest BCUT2D eigenvalue weighted by Gasteiger charge is -2.57. The van der Waals surface area contributed by atoms with Crippen LogP contribution in [0, 0.1) is 30.1 Å². The van der Waals surface area contributed by atoms with E-state index in [1.165, 1.54) is 44.1 Å². The highest BCUT2D eigenvalue weighted by Crippen LogP contribution is 2.59. The Bertz CT molecular complexity index is 972. The van der Waals surface area contributed by atoms with Gasteiger partial charge < -0.3 is 10.2 Å². The van der Waals surface area contributed by atoms with Crippen LogP contribution in [0.25, 0.3) is 0 Å². The monoisotopic (exact) mass is 420 g/mol. The topological polar surface area (TPSA) is 75.9 Å². The van der Waals surface area contributed by atoms with E-state index in [4.69, 9.17) is 0 Å². The number of fused-ring (bicyclic) bond motifs is 1. The highest BCUT2D eigenvalue weighted by molar-refractivity contribution is 5.92. The summed E-state index contributed by atoms with van der Waals surface area (Å²) in [7, 11) is 1.87. The average Bonchev–Trinajstić information content (AvgIpc) is 3.08. The van der Waals surface area contributed by atoms with Gasteiger partial charge in [0.25, 0.3) is 5.91 Å². The highest BCUT2D eigenvalue weighted by Gasteiger charge is 2.50. The summed E-state index contributed by atoms with van der Waals surface area (Å²) in [6, 6.07) is 1.86. The first-order valence-electron chi connectivity index (χ1n) is 11.8. The van der Waals surface area contributed by atoms with Crippen LogP contribution in [0.5, 0.6) is 0 Å². The van der Waals surface area contributed by atoms with Gasteiger partial charge in [-0.2, -0.15) is 5.10 Å². The van der Waals surface area contributed by atoms with Crippen LogP contribution in [0.1, 0.15) is 66.0 Å². The molecule has 0 unspecified atom stereocenters. The van der Waals surface area contributed by atoms with E-state index < -0.39 is 0 Å². The number of hydrogen-bond donors (Lipinski definition) is 1. The number of nitrogens with zero attached hydrogens (tertiary/aromatic N) is 5. The SMILES string of the molecule is Cc1cc(C(=O)N2CCc3c(ncnc3NCC34CC5CC(CC(C5)C3)C4)C2)nn1C. The van der Waals surface area contributed by atoms with E-state index in [-0.39, 0.29) is 5.91 Å². The van der Waals surface area contributed by atoms with Gasteiger partial charge in [0.15, 0.2) is 5.69 Å². The van der Waals surface area contributed by atoms with Gasteiger partial charge >= 0.3 is 0 Å². The van der Waals surface area contributed by atoms with Gasteiger partial charge in [0, 0.05) is 31.4 Å². The van der Waals surface area contributed by atoms with Crippen molar-refractivity contribution in [1.29, 1.82) is 0 Å². The molecule has 1 N–H and O–H groups in total. The summed E-state index contributed by atoms with van der Waals surface area (Å²) in [5.41, 5.74) is 4.13. The van der Waals surface area contributed by atoms with Crippen molar-refractivity contribution in [2.75, 3.05) is 18.4 Å². The van der Waals surface area contributed by atoms with Crippen molar-refractivity contribution in [3.8, 4) is 0 Å². The van der Waals surface area contributed by atoms with Crippen LogP contribution in [0.4, 0.5) is 5.82 Å². The van der Waals surface area contributed by atoms with Gasteiger partial charge in [0.1, 0.15) is 12.1 Å². The molecule has 4 fully saturated rings. The van der Waals surface area contributed by atoms with E-state index in [9.17, 15) is 4.79 Å². The van der Waals surface area contributed by atoms with E-state index in [2.05, 4.69) is 20.4 Å². The van der Waals surface area contributed by atoms with E-state index in [1.54, 1.807) is 11.0 Å². The van der Waals surface area contributed by atoms with E-state index in [0.29, 0.717) is 24.2 Å². The molecule has 7 rings (SSSR count). The first-order valence-corrected chi connectivity index (χ1v) is 11.8. The second-order valence-corrected chi connectivity index (χ2v) is 10.7. The Morgan fingerprint density at radius 1 is 1.16 bits per heavy atom. The van der Waals surface area contributed by atoms with E-state index >= 15 is 0 Å². The van der Waals surface area contributed by atoms with Crippen LogP contribution in [0.2, 0.25) is 0 Å². The van der Waals surface area contributed by atoms with Gasteiger partial charge in [-0.15, -0.1) is 0 Å². The first-order chi connectivity index (χ1) is 15.0. The fourth-order valence-corrected chi connectivity index (χ4v) is 7.28. The number of aromatic nitrogens is 4. The van der Waals surface area contributed by atoms with Crippen molar-refractivity contribution in [3.05, 3.63) is 35.0 Å². The number of anilines is 1. The number of nitrogens with one attached hydrogen (secondary N) is 1. The molecule has 2 aromatic rings. The van der Waals surface area contributed by atoms with Gasteiger partial charge in [0.2, 0.25) is 0 Å². The highest BCUT2D eigenvalue weighted by atomic mass is 16.2. The molecule has 0 spiro atoms. The molecule has 0 saturated heterocycles. The van der Waals surface area contributed by atoms with E-state index in [1.807, 2.05) is 24.9 Å². The first kappa shape index (κ1) is 19.3. The maximum atomic E-state index is 12.9. The Morgan fingerprint density at radius 2 is 1.87 bits per heavy atom. The molecular formula is C24H32N6O. The Hall–Kier alpha value is -2.44. The fourth-order valence-electron chi connectivity index (χ4n) is 7.28. The zero-order valence-electron chi connectivity index (χ0n) is 18.6. The van der Waals surface area contributed by atoms with Gasteiger partial charge in [-0.1, -0.05) is 0 Å². The minimum Gasteiger partial charge on any atom is -0.369 e. The van der Waals surface area contributed by atoms with Crippen LogP contribution >= 0.6 is 0 Å². The molecule has 0 aromatic carbocycles. The van der Waals surface area contributed by atoms with Crippen LogP contribution < -0.4 is 5.32 Å². The van der Waals surface area contributed by atoms with Gasteiger partial charge in [-0.25, -0.2) is 9.97 Å². The zero-order chi connectivity index (χ0) is 21.2. The summed E-state index contributed by atoms with van der Waals surface area (Å²) >= 11 is 0. The minimum atomic E-state index is -0.0176. The zero-order valence-corrected chi connectivity index (χ0v) is 18.6. The lowest BCUT2D eigenvalue weighted by molar-refractivity contribution is -0.0444. The average molecular weight is 421 g/mol. The van der Waals surface area contributed by atoms with Crippen molar-refractivity contribution >= 4 is 11.7 Å². The molecule has 3 heterocycles. The second-order valence-electron chi connectivity index (χ2n) is 10.7. The summed E-state index contributed by atoms with van der Waals surface area (Å²) in [5.74, 6) is 3.85. The molecule has 2 aromatic heterocycles. The second kappa shape index (κ2) is 7.04. The normalized spacial score (nSPS) is 31.0. The molecule has 0 radical (unpaired) electrons. The number of carbonyl (C=O) groups is 1. The van der Waals surface area contributed by atoms with E-state index in [0.717, 1.165) is 47.9 Å². The van der Waals surface area contributed by atoms with Crippen molar-refractivity contribution in [2.45, 2.75) is 58.4 Å². The summed E-state index contributed by atoms with van der Waals surface area (Å²) in [6.07, 6.45) is 11.0. The quantitative estimate of drug-likeness (QED) is 0.821. The molecule has 7 heteroatoms. The largest absolute Gasteiger partial charge is 0.369 e. The summed E-state index contributed by atoms with van der Waals surface area (Å²) in [5, 5.41) is 8.10. The van der Waals surface area contributed by atoms with Crippen molar-refractivity contribution in [1.82, 2.24) is 24.6 Å². The Morgan fingerprint density at radius 3 is 2.52 bits per heavy atom. The molecule has 4 bridgehead atoms. The van der Waals surface area contributed by atoms with Crippen LogP contribution in [-0.2, 0) is 20.0 Å². The molecule has 5 aliphatic rings. The number of aryl methyl sites for hydroxylation is 2. The smallest absolute Gasteiger partial charge is 0.274 e. The molecule has 1 aliphatic heterocycles. The fraction of sp³-hybridized carbons (Fsp3) is 0.667. The van der Waals surface area contributed by atoms with Crippen LogP contribution in [0.3, 0.4) is 0 Å². The molecule has 1 amide bonds. The predicted octanol–water partition coefficient (Wildman–Crippen LogP) is 3.35. The van der Waals surface area contributed by atoms with Gasteiger partial charge in [-0.05, 0) is 81.1 Å². The third-order valence-corrected chi connectivity index (χ3v) is 8.42. The van der Waals surface area contributed by atoms with Crippen molar-refractivity contribution < 1.29 is 4.79 Å². The predicted molar refractivity (Wildman–Crippen MR) is 118 cm³/mol. The summed E-state index contributed by atoms with van der Waals surface area (Å²) in [6.45, 7) is 4.21. The molecule has 7 nitrogen and oxygen atoms in total. The van der Waals surface area contributed by atoms with Crippen molar-refractivity contribution in [2.24, 2.45) is 30.2 Å². The van der Waals surface area contributed by atoms with Gasteiger partial charge in [0.05, 0.1) is 12.2 Å². The lowest BCUT2D eigenvalue weighted by atomic mass is 9.49. The number of carbonyl (C=O) groups excluding carboxylic acids is 1. The molecule has 4 aliphatic carbocycles. The summed E-state index contributed by atoms with van der Waals surface area (Å²) < 4.78 is 1.75. The third kappa shape index (κ3) is 3.33. The van der Waals surface area contributed by atoms with Crippen LogP contribution in [-0.4, -0.2) is 43.6 Å². The maximum Gasteiger partial charge on any atom is 0.274 e. The lowest BCUT2D eigenvalue weighted by Crippen LogP contribution is -2.49. The standard InChI is InChI=1S/C24H32N6O/c1-15-5-20(28-29(15)2)23(31)30-4-3-19-21(12-30)26-14-27-22(19)25-13-24-9-16-6-17(10-24)8-18(7-16)11-24/h5,14,16-18H,3-4,6-13H2,1-2H3,(H,25,26,27). The maximum absolute atomic E-state index is 12.9. The molecular weight excluding hydrogens is 388 g/mol. The number of rotatable bonds is 4. The molecule has 4 saturated carbocycles. The number of hydrogen-bond acceptors (Lipinski definition) is 5.